The summed E-state index contributed by atoms with van der Waals surface area (Å²) < 4.78 is 18.8. The molecule has 1 unspecified atom stereocenters. The second kappa shape index (κ2) is 9.55. The van der Waals surface area contributed by atoms with Crippen molar-refractivity contribution in [2.45, 2.75) is 33.4 Å². The van der Waals surface area contributed by atoms with Crippen molar-refractivity contribution in [3.8, 4) is 5.75 Å². The number of halogens is 2. The van der Waals surface area contributed by atoms with Gasteiger partial charge >= 0.3 is 0 Å². The van der Waals surface area contributed by atoms with Crippen molar-refractivity contribution in [3.63, 3.8) is 0 Å². The molecular weight excluding hydrogens is 383 g/mol. The van der Waals surface area contributed by atoms with E-state index in [1.165, 1.54) is 24.1 Å². The molecule has 1 N–H and O–H groups in total. The van der Waals surface area contributed by atoms with Crippen LogP contribution in [0.15, 0.2) is 36.4 Å². The Morgan fingerprint density at radius 2 is 1.75 bits per heavy atom. The minimum Gasteiger partial charge on any atom is -0.484 e. The second-order valence-corrected chi connectivity index (χ2v) is 6.98. The molecule has 0 spiro atoms. The minimum atomic E-state index is -0.708. The van der Waals surface area contributed by atoms with Crippen LogP contribution in [0.3, 0.4) is 0 Å². The summed E-state index contributed by atoms with van der Waals surface area (Å²) in [6, 6.07) is 8.61. The van der Waals surface area contributed by atoms with Gasteiger partial charge in [-0.05, 0) is 61.7 Å². The first-order valence-electron chi connectivity index (χ1n) is 8.88. The third-order valence-electron chi connectivity index (χ3n) is 4.45. The Balaban J connectivity index is 2.16. The SMILES string of the molecule is CNC(=O)C(C)N(Cc1ccc(F)cc1)C(=O)COc1cc(C)c(Cl)c(C)c1. The summed E-state index contributed by atoms with van der Waals surface area (Å²) >= 11 is 6.15. The first-order chi connectivity index (χ1) is 13.2. The number of aryl methyl sites for hydroxylation is 2. The zero-order valence-electron chi connectivity index (χ0n) is 16.4. The molecule has 2 amide bonds. The maximum absolute atomic E-state index is 13.2. The molecule has 0 aliphatic heterocycles. The van der Waals surface area contributed by atoms with Crippen molar-refractivity contribution < 1.29 is 18.7 Å². The Kier molecular flexibility index (Phi) is 7.40. The van der Waals surface area contributed by atoms with E-state index < -0.39 is 6.04 Å². The van der Waals surface area contributed by atoms with Gasteiger partial charge in [0.15, 0.2) is 6.61 Å². The normalized spacial score (nSPS) is 11.6. The highest BCUT2D eigenvalue weighted by atomic mass is 35.5. The van der Waals surface area contributed by atoms with Gasteiger partial charge < -0.3 is 15.0 Å². The van der Waals surface area contributed by atoms with E-state index in [1.54, 1.807) is 31.2 Å². The Bertz CT molecular complexity index is 832. The number of nitrogens with zero attached hydrogens (tertiary/aromatic N) is 1. The summed E-state index contributed by atoms with van der Waals surface area (Å²) in [5, 5.41) is 3.20. The number of rotatable bonds is 7. The molecule has 2 aromatic rings. The largest absolute Gasteiger partial charge is 0.484 e. The summed E-state index contributed by atoms with van der Waals surface area (Å²) in [5.74, 6) is -0.487. The molecular formula is C21H24ClFN2O3. The number of amides is 2. The van der Waals surface area contributed by atoms with Crippen LogP contribution >= 0.6 is 11.6 Å². The first-order valence-corrected chi connectivity index (χ1v) is 9.25. The molecule has 0 aromatic heterocycles. The molecule has 28 heavy (non-hydrogen) atoms. The molecule has 0 saturated heterocycles. The van der Waals surface area contributed by atoms with Crippen LogP contribution in [0, 0.1) is 19.7 Å². The Labute approximate surface area is 169 Å². The van der Waals surface area contributed by atoms with Gasteiger partial charge in [0, 0.05) is 18.6 Å². The van der Waals surface area contributed by atoms with E-state index in [1.807, 2.05) is 13.8 Å². The van der Waals surface area contributed by atoms with E-state index in [4.69, 9.17) is 16.3 Å². The van der Waals surface area contributed by atoms with Crippen LogP contribution in [0.5, 0.6) is 5.75 Å². The minimum absolute atomic E-state index is 0.162. The van der Waals surface area contributed by atoms with Crippen LogP contribution in [-0.2, 0) is 16.1 Å². The highest BCUT2D eigenvalue weighted by Crippen LogP contribution is 2.26. The second-order valence-electron chi connectivity index (χ2n) is 6.60. The fourth-order valence-electron chi connectivity index (χ4n) is 2.80. The summed E-state index contributed by atoms with van der Waals surface area (Å²) in [7, 11) is 1.51. The molecule has 1 atom stereocenters. The van der Waals surface area contributed by atoms with Crippen LogP contribution in [0.2, 0.25) is 5.02 Å². The first kappa shape index (κ1) is 21.7. The van der Waals surface area contributed by atoms with E-state index in [9.17, 15) is 14.0 Å². The van der Waals surface area contributed by atoms with Crippen molar-refractivity contribution in [1.82, 2.24) is 10.2 Å². The molecule has 0 fully saturated rings. The molecule has 0 radical (unpaired) electrons. The number of likely N-dealkylation sites (N-methyl/N-ethyl adjacent to an activating group) is 1. The number of benzene rings is 2. The van der Waals surface area contributed by atoms with Gasteiger partial charge in [0.2, 0.25) is 5.91 Å². The van der Waals surface area contributed by atoms with Gasteiger partial charge in [0.05, 0.1) is 0 Å². The standard InChI is InChI=1S/C21H24ClFN2O3/c1-13-9-18(10-14(2)20(13)22)28-12-19(26)25(15(3)21(27)24-4)11-16-5-7-17(23)8-6-16/h5-10,15H,11-12H2,1-4H3,(H,24,27). The zero-order chi connectivity index (χ0) is 20.8. The van der Waals surface area contributed by atoms with Gasteiger partial charge in [0.25, 0.3) is 5.91 Å². The monoisotopic (exact) mass is 406 g/mol. The molecule has 0 saturated carbocycles. The average Bonchev–Trinajstić information content (AvgIpc) is 2.68. The molecule has 0 aliphatic rings. The van der Waals surface area contributed by atoms with Gasteiger partial charge in [-0.25, -0.2) is 4.39 Å². The van der Waals surface area contributed by atoms with E-state index in [0.29, 0.717) is 16.3 Å². The quantitative estimate of drug-likeness (QED) is 0.763. The fraction of sp³-hybridized carbons (Fsp3) is 0.333. The van der Waals surface area contributed by atoms with E-state index in [-0.39, 0.29) is 30.8 Å². The lowest BCUT2D eigenvalue weighted by atomic mass is 10.1. The maximum atomic E-state index is 13.2. The average molecular weight is 407 g/mol. The number of carbonyl (C=O) groups is 2. The van der Waals surface area contributed by atoms with E-state index in [2.05, 4.69) is 5.32 Å². The van der Waals surface area contributed by atoms with Gasteiger partial charge in [-0.3, -0.25) is 9.59 Å². The van der Waals surface area contributed by atoms with Crippen molar-refractivity contribution in [2.24, 2.45) is 0 Å². The molecule has 0 heterocycles. The Morgan fingerprint density at radius 1 is 1.18 bits per heavy atom. The predicted octanol–water partition coefficient (Wildman–Crippen LogP) is 3.64. The zero-order valence-corrected chi connectivity index (χ0v) is 17.1. The van der Waals surface area contributed by atoms with Crippen LogP contribution < -0.4 is 10.1 Å². The van der Waals surface area contributed by atoms with Crippen molar-refractivity contribution >= 4 is 23.4 Å². The Hall–Kier alpha value is -2.60. The van der Waals surface area contributed by atoms with Crippen LogP contribution in [0.4, 0.5) is 4.39 Å². The van der Waals surface area contributed by atoms with E-state index in [0.717, 1.165) is 11.1 Å². The van der Waals surface area contributed by atoms with Gasteiger partial charge in [-0.15, -0.1) is 0 Å². The third kappa shape index (κ3) is 5.45. The Morgan fingerprint density at radius 3 is 2.29 bits per heavy atom. The van der Waals surface area contributed by atoms with Crippen molar-refractivity contribution in [1.29, 1.82) is 0 Å². The van der Waals surface area contributed by atoms with Gasteiger partial charge in [-0.1, -0.05) is 23.7 Å². The third-order valence-corrected chi connectivity index (χ3v) is 5.05. The molecule has 0 bridgehead atoms. The van der Waals surface area contributed by atoms with Crippen LogP contribution in [0.25, 0.3) is 0 Å². The van der Waals surface area contributed by atoms with E-state index >= 15 is 0 Å². The number of ether oxygens (including phenoxy) is 1. The lowest BCUT2D eigenvalue weighted by Crippen LogP contribution is -2.48. The lowest BCUT2D eigenvalue weighted by molar-refractivity contribution is -0.142. The fourth-order valence-corrected chi connectivity index (χ4v) is 2.90. The number of hydrogen-bond donors (Lipinski definition) is 1. The van der Waals surface area contributed by atoms with Crippen molar-refractivity contribution in [3.05, 3.63) is 63.9 Å². The highest BCUT2D eigenvalue weighted by molar-refractivity contribution is 6.32. The molecule has 5 nitrogen and oxygen atoms in total. The predicted molar refractivity (Wildman–Crippen MR) is 107 cm³/mol. The van der Waals surface area contributed by atoms with Crippen LogP contribution in [0.1, 0.15) is 23.6 Å². The van der Waals surface area contributed by atoms with Crippen molar-refractivity contribution in [2.75, 3.05) is 13.7 Å². The summed E-state index contributed by atoms with van der Waals surface area (Å²) in [6.07, 6.45) is 0. The summed E-state index contributed by atoms with van der Waals surface area (Å²) in [6.45, 7) is 5.28. The molecule has 0 aliphatic carbocycles. The van der Waals surface area contributed by atoms with Gasteiger partial charge in [-0.2, -0.15) is 0 Å². The molecule has 7 heteroatoms. The number of hydrogen-bond acceptors (Lipinski definition) is 3. The number of carbonyl (C=O) groups excluding carboxylic acids is 2. The summed E-state index contributed by atoms with van der Waals surface area (Å²) in [4.78, 5) is 26.3. The lowest BCUT2D eigenvalue weighted by Gasteiger charge is -2.28. The number of nitrogens with one attached hydrogen (secondary N) is 1. The maximum Gasteiger partial charge on any atom is 0.261 e. The summed E-state index contributed by atoms with van der Waals surface area (Å²) in [5.41, 5.74) is 2.42. The highest BCUT2D eigenvalue weighted by Gasteiger charge is 2.26. The topological polar surface area (TPSA) is 58.6 Å². The smallest absolute Gasteiger partial charge is 0.261 e. The molecule has 2 aromatic carbocycles. The van der Waals surface area contributed by atoms with Crippen LogP contribution in [-0.4, -0.2) is 36.4 Å². The van der Waals surface area contributed by atoms with Gasteiger partial charge in [0.1, 0.15) is 17.6 Å². The molecule has 2 rings (SSSR count). The molecule has 150 valence electrons.